The van der Waals surface area contributed by atoms with Crippen molar-refractivity contribution in [3.63, 3.8) is 0 Å². The van der Waals surface area contributed by atoms with Crippen molar-refractivity contribution in [3.05, 3.63) is 42.0 Å². The van der Waals surface area contributed by atoms with Crippen LogP contribution in [0.25, 0.3) is 0 Å². The minimum atomic E-state index is -3.46. The van der Waals surface area contributed by atoms with Crippen LogP contribution in [0.2, 0.25) is 0 Å². The van der Waals surface area contributed by atoms with Crippen molar-refractivity contribution in [3.8, 4) is 17.2 Å². The average Bonchev–Trinajstić information content (AvgIpc) is 2.70. The number of amides is 1. The lowest BCUT2D eigenvalue weighted by molar-refractivity contribution is 0.102. The zero-order chi connectivity index (χ0) is 22.1. The SMILES string of the molecule is CCCOc1ccc(C(=O)Nc2ccc(NS(C)(=O)=O)c(OC)c2)cc1OCCC. The molecule has 0 atom stereocenters. The largest absolute Gasteiger partial charge is 0.494 e. The minimum absolute atomic E-state index is 0.283. The Bertz CT molecular complexity index is 975. The van der Waals surface area contributed by atoms with E-state index in [2.05, 4.69) is 10.0 Å². The number of hydrogen-bond donors (Lipinski definition) is 2. The van der Waals surface area contributed by atoms with Gasteiger partial charge in [-0.3, -0.25) is 9.52 Å². The predicted octanol–water partition coefficient (Wildman–Crippen LogP) is 3.90. The first-order chi connectivity index (χ1) is 14.3. The summed E-state index contributed by atoms with van der Waals surface area (Å²) >= 11 is 0. The maximum absolute atomic E-state index is 12.7. The summed E-state index contributed by atoms with van der Waals surface area (Å²) in [6.45, 7) is 5.08. The molecule has 0 heterocycles. The van der Waals surface area contributed by atoms with Crippen LogP contribution in [0.3, 0.4) is 0 Å². The second-order valence-electron chi connectivity index (χ2n) is 6.60. The lowest BCUT2D eigenvalue weighted by Gasteiger charge is -2.14. The highest BCUT2D eigenvalue weighted by molar-refractivity contribution is 7.92. The summed E-state index contributed by atoms with van der Waals surface area (Å²) in [4.78, 5) is 12.7. The smallest absolute Gasteiger partial charge is 0.255 e. The highest BCUT2D eigenvalue weighted by atomic mass is 32.2. The van der Waals surface area contributed by atoms with Gasteiger partial charge in [0.05, 0.1) is 32.3 Å². The van der Waals surface area contributed by atoms with Crippen molar-refractivity contribution in [2.45, 2.75) is 26.7 Å². The van der Waals surface area contributed by atoms with Gasteiger partial charge in [-0.15, -0.1) is 0 Å². The van der Waals surface area contributed by atoms with Crippen molar-refractivity contribution in [1.29, 1.82) is 0 Å². The van der Waals surface area contributed by atoms with Crippen LogP contribution in [0.1, 0.15) is 37.0 Å². The normalized spacial score (nSPS) is 10.9. The van der Waals surface area contributed by atoms with Crippen LogP contribution in [0.4, 0.5) is 11.4 Å². The van der Waals surface area contributed by atoms with Crippen LogP contribution in [0.15, 0.2) is 36.4 Å². The average molecular weight is 437 g/mol. The molecule has 9 heteroatoms. The molecule has 2 rings (SSSR count). The number of nitrogens with one attached hydrogen (secondary N) is 2. The summed E-state index contributed by atoms with van der Waals surface area (Å²) in [6, 6.07) is 9.67. The van der Waals surface area contributed by atoms with E-state index in [1.165, 1.54) is 13.2 Å². The molecule has 164 valence electrons. The van der Waals surface area contributed by atoms with E-state index in [0.29, 0.717) is 36.0 Å². The molecular formula is C21H28N2O6S. The Morgan fingerprint density at radius 2 is 1.60 bits per heavy atom. The third-order valence-corrected chi connectivity index (χ3v) is 4.47. The second kappa shape index (κ2) is 10.7. The third-order valence-electron chi connectivity index (χ3n) is 3.88. The molecule has 0 saturated heterocycles. The zero-order valence-electron chi connectivity index (χ0n) is 17.7. The molecule has 0 unspecified atom stereocenters. The summed E-state index contributed by atoms with van der Waals surface area (Å²) in [6.07, 6.45) is 2.74. The van der Waals surface area contributed by atoms with E-state index in [9.17, 15) is 13.2 Å². The molecule has 1 amide bonds. The molecule has 0 fully saturated rings. The van der Waals surface area contributed by atoms with Gasteiger partial charge < -0.3 is 19.5 Å². The Balaban J connectivity index is 2.22. The van der Waals surface area contributed by atoms with Crippen LogP contribution in [0.5, 0.6) is 17.2 Å². The van der Waals surface area contributed by atoms with E-state index in [1.807, 2.05) is 13.8 Å². The molecule has 0 radical (unpaired) electrons. The van der Waals surface area contributed by atoms with Crippen molar-refractivity contribution in [2.75, 3.05) is 36.6 Å². The molecule has 30 heavy (non-hydrogen) atoms. The molecule has 0 saturated carbocycles. The van der Waals surface area contributed by atoms with Crippen molar-refractivity contribution >= 4 is 27.3 Å². The van der Waals surface area contributed by atoms with Crippen LogP contribution >= 0.6 is 0 Å². The summed E-state index contributed by atoms with van der Waals surface area (Å²) in [5.41, 5.74) is 1.14. The van der Waals surface area contributed by atoms with Crippen molar-refractivity contribution in [2.24, 2.45) is 0 Å². The predicted molar refractivity (Wildman–Crippen MR) is 117 cm³/mol. The van der Waals surface area contributed by atoms with Crippen LogP contribution in [-0.2, 0) is 10.0 Å². The van der Waals surface area contributed by atoms with Gasteiger partial charge in [-0.2, -0.15) is 0 Å². The summed E-state index contributed by atoms with van der Waals surface area (Å²) in [7, 11) is -2.04. The highest BCUT2D eigenvalue weighted by Crippen LogP contribution is 2.31. The zero-order valence-corrected chi connectivity index (χ0v) is 18.5. The molecule has 2 aromatic carbocycles. The van der Waals surface area contributed by atoms with Gasteiger partial charge in [0.25, 0.3) is 5.91 Å². The van der Waals surface area contributed by atoms with Gasteiger partial charge in [-0.25, -0.2) is 8.42 Å². The standard InChI is InChI=1S/C21H28N2O6S/c1-5-11-28-18-10-7-15(13-20(18)29-12-6-2)21(24)22-16-8-9-17(19(14-16)27-3)23-30(4,25)26/h7-10,13-14,23H,5-6,11-12H2,1-4H3,(H,22,24). The van der Waals surface area contributed by atoms with Gasteiger partial charge in [0.1, 0.15) is 5.75 Å². The number of carbonyl (C=O) groups excluding carboxylic acids is 1. The van der Waals surface area contributed by atoms with Gasteiger partial charge >= 0.3 is 0 Å². The molecule has 0 aliphatic carbocycles. The first kappa shape index (κ1) is 23.3. The molecule has 0 aromatic heterocycles. The van der Waals surface area contributed by atoms with Crippen LogP contribution in [0, 0.1) is 0 Å². The van der Waals surface area contributed by atoms with Gasteiger partial charge in [-0.1, -0.05) is 13.8 Å². The molecule has 0 aliphatic rings. The fraction of sp³-hybridized carbons (Fsp3) is 0.381. The molecule has 0 bridgehead atoms. The molecule has 0 aliphatic heterocycles. The van der Waals surface area contributed by atoms with Gasteiger partial charge in [-0.05, 0) is 43.2 Å². The molecule has 8 nitrogen and oxygen atoms in total. The Hall–Kier alpha value is -2.94. The van der Waals surface area contributed by atoms with E-state index in [4.69, 9.17) is 14.2 Å². The van der Waals surface area contributed by atoms with Gasteiger partial charge in [0, 0.05) is 17.3 Å². The maximum Gasteiger partial charge on any atom is 0.255 e. The second-order valence-corrected chi connectivity index (χ2v) is 8.35. The van der Waals surface area contributed by atoms with Gasteiger partial charge in [0.15, 0.2) is 11.5 Å². The number of sulfonamides is 1. The summed E-state index contributed by atoms with van der Waals surface area (Å²) < 4.78 is 41.9. The Labute approximate surface area is 177 Å². The summed E-state index contributed by atoms with van der Waals surface area (Å²) in [5.74, 6) is 1.06. The number of rotatable bonds is 11. The number of methoxy groups -OCH3 is 1. The third kappa shape index (κ3) is 6.84. The first-order valence-electron chi connectivity index (χ1n) is 9.64. The molecule has 2 N–H and O–H groups in total. The van der Waals surface area contributed by atoms with E-state index in [-0.39, 0.29) is 17.3 Å². The molecule has 0 spiro atoms. The monoisotopic (exact) mass is 436 g/mol. The Kier molecular flexibility index (Phi) is 8.35. The van der Waals surface area contributed by atoms with Crippen LogP contribution < -0.4 is 24.2 Å². The number of anilines is 2. The molecule has 2 aromatic rings. The lowest BCUT2D eigenvalue weighted by Crippen LogP contribution is -2.14. The van der Waals surface area contributed by atoms with Crippen molar-refractivity contribution in [1.82, 2.24) is 0 Å². The topological polar surface area (TPSA) is 103 Å². The van der Waals surface area contributed by atoms with Gasteiger partial charge in [0.2, 0.25) is 10.0 Å². The summed E-state index contributed by atoms with van der Waals surface area (Å²) in [5, 5.41) is 2.78. The maximum atomic E-state index is 12.7. The van der Waals surface area contributed by atoms with Crippen LogP contribution in [-0.4, -0.2) is 40.9 Å². The van der Waals surface area contributed by atoms with E-state index >= 15 is 0 Å². The quantitative estimate of drug-likeness (QED) is 0.554. The minimum Gasteiger partial charge on any atom is -0.494 e. The Morgan fingerprint density at radius 3 is 2.20 bits per heavy atom. The fourth-order valence-electron chi connectivity index (χ4n) is 2.56. The number of benzene rings is 2. The number of ether oxygens (including phenoxy) is 3. The fourth-order valence-corrected chi connectivity index (χ4v) is 3.13. The number of carbonyl (C=O) groups is 1. The van der Waals surface area contributed by atoms with E-state index in [1.54, 1.807) is 30.3 Å². The molecular weight excluding hydrogens is 408 g/mol. The first-order valence-corrected chi connectivity index (χ1v) is 11.5. The highest BCUT2D eigenvalue weighted by Gasteiger charge is 2.14. The number of hydrogen-bond acceptors (Lipinski definition) is 6. The van der Waals surface area contributed by atoms with E-state index < -0.39 is 10.0 Å². The van der Waals surface area contributed by atoms with Crippen molar-refractivity contribution < 1.29 is 27.4 Å². The Morgan fingerprint density at radius 1 is 0.933 bits per heavy atom. The van der Waals surface area contributed by atoms with E-state index in [0.717, 1.165) is 19.1 Å². The lowest BCUT2D eigenvalue weighted by atomic mass is 10.1.